The van der Waals surface area contributed by atoms with Gasteiger partial charge in [0.2, 0.25) is 5.95 Å². The van der Waals surface area contributed by atoms with Gasteiger partial charge < -0.3 is 9.88 Å². The number of carbonyl (C=O) groups is 1. The van der Waals surface area contributed by atoms with Crippen molar-refractivity contribution in [2.75, 3.05) is 13.1 Å². The van der Waals surface area contributed by atoms with Gasteiger partial charge in [0.1, 0.15) is 23.8 Å². The number of aromatic amines is 1. The van der Waals surface area contributed by atoms with Gasteiger partial charge in [0, 0.05) is 22.9 Å². The molecule has 0 spiro atoms. The van der Waals surface area contributed by atoms with Crippen molar-refractivity contribution in [2.24, 2.45) is 0 Å². The number of benzene rings is 1. The molecular formula is C26H22F2N6O2. The minimum Gasteiger partial charge on any atom is -0.352 e. The van der Waals surface area contributed by atoms with Gasteiger partial charge in [-0.2, -0.15) is 0 Å². The van der Waals surface area contributed by atoms with Crippen LogP contribution in [0.15, 0.2) is 41.5 Å². The Morgan fingerprint density at radius 2 is 1.81 bits per heavy atom. The number of hydrogen-bond acceptors (Lipinski definition) is 5. The topological polar surface area (TPSA) is 96.8 Å². The van der Waals surface area contributed by atoms with Crippen molar-refractivity contribution in [1.29, 1.82) is 0 Å². The Hall–Kier alpha value is -3.95. The first kappa shape index (κ1) is 21.3. The molecule has 1 amide bonds. The van der Waals surface area contributed by atoms with Crippen molar-refractivity contribution in [3.05, 3.63) is 69.8 Å². The lowest BCUT2D eigenvalue weighted by Gasteiger charge is -2.34. The van der Waals surface area contributed by atoms with Crippen molar-refractivity contribution < 1.29 is 13.6 Å². The summed E-state index contributed by atoms with van der Waals surface area (Å²) in [6, 6.07) is 7.61. The van der Waals surface area contributed by atoms with Crippen LogP contribution in [0.5, 0.6) is 0 Å². The van der Waals surface area contributed by atoms with Crippen LogP contribution >= 0.6 is 0 Å². The van der Waals surface area contributed by atoms with Gasteiger partial charge in [-0.3, -0.25) is 9.59 Å². The van der Waals surface area contributed by atoms with Crippen LogP contribution in [0.3, 0.4) is 0 Å². The van der Waals surface area contributed by atoms with E-state index in [1.54, 1.807) is 6.07 Å². The molecule has 4 heterocycles. The van der Waals surface area contributed by atoms with E-state index in [0.717, 1.165) is 43.1 Å². The van der Waals surface area contributed by atoms with Gasteiger partial charge in [0.05, 0.1) is 29.9 Å². The van der Waals surface area contributed by atoms with Crippen LogP contribution in [0.4, 0.5) is 8.78 Å². The number of fused-ring (bicyclic) bond motifs is 1. The number of amides is 1. The van der Waals surface area contributed by atoms with E-state index < -0.39 is 17.9 Å². The molecule has 3 fully saturated rings. The second-order valence-electron chi connectivity index (χ2n) is 9.93. The van der Waals surface area contributed by atoms with Crippen LogP contribution in [-0.4, -0.2) is 54.6 Å². The first-order valence-electron chi connectivity index (χ1n) is 12.2. The van der Waals surface area contributed by atoms with Crippen molar-refractivity contribution in [2.45, 2.75) is 43.7 Å². The highest BCUT2D eigenvalue weighted by molar-refractivity contribution is 6.01. The summed E-state index contributed by atoms with van der Waals surface area (Å²) in [4.78, 5) is 44.7. The molecule has 8 nitrogen and oxygen atoms in total. The summed E-state index contributed by atoms with van der Waals surface area (Å²) < 4.78 is 28.9. The predicted molar refractivity (Wildman–Crippen MR) is 127 cm³/mol. The molecule has 1 N–H and O–H groups in total. The van der Waals surface area contributed by atoms with Crippen molar-refractivity contribution >= 4 is 16.9 Å². The summed E-state index contributed by atoms with van der Waals surface area (Å²) >= 11 is 0. The summed E-state index contributed by atoms with van der Waals surface area (Å²) in [6.07, 6.45) is 4.47. The molecule has 2 aliphatic carbocycles. The lowest BCUT2D eigenvalue weighted by atomic mass is 10.00. The number of nitrogens with one attached hydrogen (secondary N) is 1. The highest BCUT2D eigenvalue weighted by Gasteiger charge is 2.33. The van der Waals surface area contributed by atoms with Gasteiger partial charge in [-0.05, 0) is 61.9 Å². The average molecular weight is 488 g/mol. The highest BCUT2D eigenvalue weighted by atomic mass is 19.1. The lowest BCUT2D eigenvalue weighted by molar-refractivity contribution is 0.0400. The molecule has 3 aliphatic rings. The van der Waals surface area contributed by atoms with E-state index in [1.807, 2.05) is 6.07 Å². The number of nitrogens with zero attached hydrogens (tertiary/aromatic N) is 5. The number of rotatable bonds is 5. The van der Waals surface area contributed by atoms with Crippen LogP contribution < -0.4 is 5.56 Å². The smallest absolute Gasteiger partial charge is 0.284 e. The summed E-state index contributed by atoms with van der Waals surface area (Å²) in [5, 5.41) is 0. The highest BCUT2D eigenvalue weighted by Crippen LogP contribution is 2.41. The number of halogens is 2. The van der Waals surface area contributed by atoms with Crippen LogP contribution in [0.2, 0.25) is 0 Å². The molecule has 1 aromatic carbocycles. The number of alkyl halides is 1. The minimum atomic E-state index is -1.07. The Morgan fingerprint density at radius 1 is 1.03 bits per heavy atom. The van der Waals surface area contributed by atoms with Crippen molar-refractivity contribution in [3.63, 3.8) is 0 Å². The summed E-state index contributed by atoms with van der Waals surface area (Å²) in [5.41, 5.74) is 3.37. The molecule has 1 saturated heterocycles. The van der Waals surface area contributed by atoms with Gasteiger partial charge >= 0.3 is 0 Å². The van der Waals surface area contributed by atoms with E-state index in [0.29, 0.717) is 28.2 Å². The van der Waals surface area contributed by atoms with Gasteiger partial charge in [0.15, 0.2) is 0 Å². The maximum absolute atomic E-state index is 14.2. The number of aromatic nitrogens is 5. The number of hydrogen-bond donors (Lipinski definition) is 1. The number of likely N-dealkylation sites (tertiary alicyclic amines) is 1. The zero-order valence-electron chi connectivity index (χ0n) is 19.2. The van der Waals surface area contributed by atoms with Crippen LogP contribution in [-0.2, 0) is 0 Å². The standard InChI is InChI=1S/C26H22F2N6O2/c27-15-5-6-17(18(7-15)24(35)33-10-16(28)11-33)21-8-20(14-3-4-14)31-26(32-21)34-12-29-22-9-19(13-1-2-13)30-23(22)25(34)36/h5-9,12-14,16,30H,1-4,10-11H2. The SMILES string of the molecule is O=C(c1cc(F)ccc1-c1cc(C2CC2)nc(-n2cnc3cc(C4CC4)[nH]c3c2=O)n1)N1CC(F)C1. The third-order valence-corrected chi connectivity index (χ3v) is 7.14. The Morgan fingerprint density at radius 3 is 2.53 bits per heavy atom. The fourth-order valence-electron chi connectivity index (χ4n) is 4.74. The zero-order chi connectivity index (χ0) is 24.6. The summed E-state index contributed by atoms with van der Waals surface area (Å²) in [5.74, 6) is -0.202. The van der Waals surface area contributed by atoms with Crippen molar-refractivity contribution in [1.82, 2.24) is 29.4 Å². The second-order valence-corrected chi connectivity index (χ2v) is 9.93. The molecule has 0 bridgehead atoms. The first-order chi connectivity index (χ1) is 17.4. The Labute approximate surface area is 204 Å². The fourth-order valence-corrected chi connectivity index (χ4v) is 4.74. The third kappa shape index (κ3) is 3.59. The Kier molecular flexibility index (Phi) is 4.61. The van der Waals surface area contributed by atoms with E-state index in [1.165, 1.54) is 27.9 Å². The summed E-state index contributed by atoms with van der Waals surface area (Å²) in [7, 11) is 0. The third-order valence-electron chi connectivity index (χ3n) is 7.14. The van der Waals surface area contributed by atoms with E-state index in [-0.39, 0.29) is 36.1 Å². The maximum atomic E-state index is 14.2. The van der Waals surface area contributed by atoms with E-state index in [2.05, 4.69) is 19.9 Å². The monoisotopic (exact) mass is 488 g/mol. The second kappa shape index (κ2) is 7.78. The van der Waals surface area contributed by atoms with E-state index >= 15 is 0 Å². The molecule has 2 saturated carbocycles. The van der Waals surface area contributed by atoms with E-state index in [9.17, 15) is 18.4 Å². The van der Waals surface area contributed by atoms with Gasteiger partial charge in [0.25, 0.3) is 11.5 Å². The van der Waals surface area contributed by atoms with Gasteiger partial charge in [-0.1, -0.05) is 0 Å². The van der Waals surface area contributed by atoms with Crippen molar-refractivity contribution in [3.8, 4) is 17.2 Å². The Bertz CT molecular complexity index is 1600. The lowest BCUT2D eigenvalue weighted by Crippen LogP contribution is -2.51. The first-order valence-corrected chi connectivity index (χ1v) is 12.2. The molecule has 0 unspecified atom stereocenters. The Balaban J connectivity index is 1.36. The van der Waals surface area contributed by atoms with Crippen LogP contribution in [0, 0.1) is 5.82 Å². The molecule has 7 rings (SSSR count). The van der Waals surface area contributed by atoms with E-state index in [4.69, 9.17) is 0 Å². The van der Waals surface area contributed by atoms with Crippen LogP contribution in [0.1, 0.15) is 59.3 Å². The zero-order valence-corrected chi connectivity index (χ0v) is 19.2. The van der Waals surface area contributed by atoms with Gasteiger partial charge in [-0.25, -0.2) is 28.3 Å². The average Bonchev–Trinajstić information content (AvgIpc) is 3.79. The normalized spacial score (nSPS) is 18.0. The minimum absolute atomic E-state index is 0.0167. The quantitative estimate of drug-likeness (QED) is 0.460. The summed E-state index contributed by atoms with van der Waals surface area (Å²) in [6.45, 7) is -0.0333. The fraction of sp³-hybridized carbons (Fsp3) is 0.346. The molecule has 182 valence electrons. The number of carbonyl (C=O) groups excluding carboxylic acids is 1. The largest absolute Gasteiger partial charge is 0.352 e. The maximum Gasteiger partial charge on any atom is 0.284 e. The molecule has 1 aliphatic heterocycles. The number of H-pyrrole nitrogens is 1. The molecule has 10 heteroatoms. The van der Waals surface area contributed by atoms with Crippen LogP contribution in [0.25, 0.3) is 28.2 Å². The molecule has 3 aromatic heterocycles. The molecule has 0 radical (unpaired) electrons. The molecule has 36 heavy (non-hydrogen) atoms. The molecule has 4 aromatic rings. The van der Waals surface area contributed by atoms with Gasteiger partial charge in [-0.15, -0.1) is 0 Å². The molecule has 0 atom stereocenters. The molecular weight excluding hydrogens is 466 g/mol. The predicted octanol–water partition coefficient (Wildman–Crippen LogP) is 3.86.